The van der Waals surface area contributed by atoms with E-state index < -0.39 is 5.97 Å². The standard InChI is InChI=1S/C24H23BrClNO4S/c1-3-30-24(29)22-18(16-7-9-17(26)10-8-16)14-32-23(22)27-21(28)5-4-12-31-20-11-6-15(2)13-19(20)25/h6-11,13-14H,3-5,12H2,1-2H3,(H,27,28). The quantitative estimate of drug-likeness (QED) is 0.234. The number of ether oxygens (including phenoxy) is 2. The second-order valence-electron chi connectivity index (χ2n) is 7.01. The van der Waals surface area contributed by atoms with Gasteiger partial charge in [-0.25, -0.2) is 4.79 Å². The van der Waals surface area contributed by atoms with Crippen molar-refractivity contribution in [3.05, 3.63) is 68.5 Å². The normalized spacial score (nSPS) is 10.6. The van der Waals surface area contributed by atoms with E-state index in [0.717, 1.165) is 21.3 Å². The number of carbonyl (C=O) groups excluding carboxylic acids is 2. The third kappa shape index (κ3) is 6.34. The summed E-state index contributed by atoms with van der Waals surface area (Å²) < 4.78 is 11.9. The highest BCUT2D eigenvalue weighted by Gasteiger charge is 2.22. The van der Waals surface area contributed by atoms with Gasteiger partial charge in [-0.15, -0.1) is 11.3 Å². The Morgan fingerprint density at radius 2 is 1.91 bits per heavy atom. The Labute approximate surface area is 204 Å². The van der Waals surface area contributed by atoms with Crippen molar-refractivity contribution in [3.8, 4) is 16.9 Å². The minimum Gasteiger partial charge on any atom is -0.492 e. The number of hydrogen-bond acceptors (Lipinski definition) is 5. The van der Waals surface area contributed by atoms with Crippen LogP contribution in [0.4, 0.5) is 5.00 Å². The zero-order valence-electron chi connectivity index (χ0n) is 17.7. The Kier molecular flexibility index (Phi) is 8.73. The van der Waals surface area contributed by atoms with Crippen molar-refractivity contribution in [2.75, 3.05) is 18.5 Å². The van der Waals surface area contributed by atoms with E-state index in [1.807, 2.05) is 42.6 Å². The fourth-order valence-corrected chi connectivity index (χ4v) is 4.73. The number of aryl methyl sites for hydroxylation is 1. The molecule has 0 bridgehead atoms. The number of benzene rings is 2. The zero-order chi connectivity index (χ0) is 23.1. The molecule has 0 aliphatic heterocycles. The van der Waals surface area contributed by atoms with Crippen LogP contribution < -0.4 is 10.1 Å². The van der Waals surface area contributed by atoms with Crippen LogP contribution in [0, 0.1) is 6.92 Å². The van der Waals surface area contributed by atoms with Gasteiger partial charge >= 0.3 is 5.97 Å². The lowest BCUT2D eigenvalue weighted by molar-refractivity contribution is -0.116. The summed E-state index contributed by atoms with van der Waals surface area (Å²) in [6, 6.07) is 13.0. The van der Waals surface area contributed by atoms with Crippen LogP contribution in [0.25, 0.3) is 11.1 Å². The molecule has 8 heteroatoms. The Morgan fingerprint density at radius 3 is 2.59 bits per heavy atom. The van der Waals surface area contributed by atoms with Crippen LogP contribution in [0.3, 0.4) is 0 Å². The van der Waals surface area contributed by atoms with Crippen LogP contribution in [0.15, 0.2) is 52.3 Å². The molecule has 3 aromatic rings. The average molecular weight is 537 g/mol. The molecular formula is C24H23BrClNO4S. The Balaban J connectivity index is 1.64. The molecule has 5 nitrogen and oxygen atoms in total. The molecule has 3 rings (SSSR count). The summed E-state index contributed by atoms with van der Waals surface area (Å²) in [7, 11) is 0. The molecule has 0 saturated carbocycles. The van der Waals surface area contributed by atoms with Crippen molar-refractivity contribution >= 4 is 55.7 Å². The molecule has 0 aliphatic rings. The van der Waals surface area contributed by atoms with Gasteiger partial charge in [-0.3, -0.25) is 4.79 Å². The number of halogens is 2. The predicted molar refractivity (Wildman–Crippen MR) is 133 cm³/mol. The Bertz CT molecular complexity index is 1100. The molecule has 0 fully saturated rings. The fourth-order valence-electron chi connectivity index (χ4n) is 3.02. The van der Waals surface area contributed by atoms with Gasteiger partial charge in [0.2, 0.25) is 5.91 Å². The molecule has 1 heterocycles. The van der Waals surface area contributed by atoms with Gasteiger partial charge in [0.25, 0.3) is 0 Å². The maximum atomic E-state index is 12.6. The van der Waals surface area contributed by atoms with Gasteiger partial charge in [-0.1, -0.05) is 29.8 Å². The maximum Gasteiger partial charge on any atom is 0.341 e. The number of rotatable bonds is 9. The van der Waals surface area contributed by atoms with Crippen LogP contribution in [-0.2, 0) is 9.53 Å². The van der Waals surface area contributed by atoms with Crippen molar-refractivity contribution in [2.24, 2.45) is 0 Å². The second kappa shape index (κ2) is 11.5. The summed E-state index contributed by atoms with van der Waals surface area (Å²) in [5.74, 6) is 0.0830. The summed E-state index contributed by atoms with van der Waals surface area (Å²) in [6.07, 6.45) is 0.802. The molecule has 0 spiro atoms. The molecule has 0 atom stereocenters. The van der Waals surface area contributed by atoms with Crippen molar-refractivity contribution in [1.82, 2.24) is 0 Å². The average Bonchev–Trinajstić information content (AvgIpc) is 3.16. The van der Waals surface area contributed by atoms with Gasteiger partial charge in [-0.05, 0) is 71.6 Å². The first-order chi connectivity index (χ1) is 15.4. The second-order valence-corrected chi connectivity index (χ2v) is 9.19. The topological polar surface area (TPSA) is 64.6 Å². The van der Waals surface area contributed by atoms with Crippen molar-refractivity contribution < 1.29 is 19.1 Å². The van der Waals surface area contributed by atoms with Crippen LogP contribution in [-0.4, -0.2) is 25.1 Å². The highest BCUT2D eigenvalue weighted by Crippen LogP contribution is 2.36. The van der Waals surface area contributed by atoms with E-state index in [-0.39, 0.29) is 18.9 Å². The van der Waals surface area contributed by atoms with Crippen molar-refractivity contribution in [3.63, 3.8) is 0 Å². The highest BCUT2D eigenvalue weighted by atomic mass is 79.9. The number of amides is 1. The predicted octanol–water partition coefficient (Wildman–Crippen LogP) is 7.11. The third-order valence-corrected chi connectivity index (χ3v) is 6.34. The summed E-state index contributed by atoms with van der Waals surface area (Å²) in [4.78, 5) is 25.1. The number of thiophene rings is 1. The molecule has 2 aromatic carbocycles. The number of esters is 1. The summed E-state index contributed by atoms with van der Waals surface area (Å²) in [5.41, 5.74) is 3.02. The number of anilines is 1. The smallest absolute Gasteiger partial charge is 0.341 e. The van der Waals surface area contributed by atoms with E-state index in [4.69, 9.17) is 21.1 Å². The maximum absolute atomic E-state index is 12.6. The van der Waals surface area contributed by atoms with Crippen molar-refractivity contribution in [2.45, 2.75) is 26.7 Å². The van der Waals surface area contributed by atoms with Gasteiger partial charge in [0.15, 0.2) is 0 Å². The Morgan fingerprint density at radius 1 is 1.16 bits per heavy atom. The van der Waals surface area contributed by atoms with Gasteiger partial charge in [0, 0.05) is 22.4 Å². The lowest BCUT2D eigenvalue weighted by atomic mass is 10.0. The largest absolute Gasteiger partial charge is 0.492 e. The summed E-state index contributed by atoms with van der Waals surface area (Å²) in [6.45, 7) is 4.40. The zero-order valence-corrected chi connectivity index (χ0v) is 20.9. The molecular weight excluding hydrogens is 514 g/mol. The van der Waals surface area contributed by atoms with Gasteiger partial charge in [-0.2, -0.15) is 0 Å². The van der Waals surface area contributed by atoms with Gasteiger partial charge in [0.1, 0.15) is 16.3 Å². The molecule has 0 unspecified atom stereocenters. The van der Waals surface area contributed by atoms with Gasteiger partial charge in [0.05, 0.1) is 17.7 Å². The van der Waals surface area contributed by atoms with E-state index in [2.05, 4.69) is 21.2 Å². The molecule has 32 heavy (non-hydrogen) atoms. The number of carbonyl (C=O) groups is 2. The summed E-state index contributed by atoms with van der Waals surface area (Å²) in [5, 5.41) is 5.77. The minimum absolute atomic E-state index is 0.188. The Hall–Kier alpha value is -2.35. The first-order valence-electron chi connectivity index (χ1n) is 10.1. The molecule has 168 valence electrons. The monoisotopic (exact) mass is 535 g/mol. The van der Waals surface area contributed by atoms with E-state index in [1.54, 1.807) is 19.1 Å². The molecule has 1 amide bonds. The first kappa shape index (κ1) is 24.3. The molecule has 0 saturated heterocycles. The number of hydrogen-bond donors (Lipinski definition) is 1. The number of nitrogens with one attached hydrogen (secondary N) is 1. The lowest BCUT2D eigenvalue weighted by Crippen LogP contribution is -2.15. The van der Waals surface area contributed by atoms with Crippen LogP contribution >= 0.6 is 38.9 Å². The van der Waals surface area contributed by atoms with Crippen LogP contribution in [0.1, 0.15) is 35.7 Å². The van der Waals surface area contributed by atoms with E-state index in [9.17, 15) is 9.59 Å². The molecule has 1 aromatic heterocycles. The highest BCUT2D eigenvalue weighted by molar-refractivity contribution is 9.10. The first-order valence-corrected chi connectivity index (χ1v) is 12.2. The summed E-state index contributed by atoms with van der Waals surface area (Å²) >= 11 is 10.8. The molecule has 0 radical (unpaired) electrons. The van der Waals surface area contributed by atoms with Crippen LogP contribution in [0.2, 0.25) is 5.02 Å². The third-order valence-electron chi connectivity index (χ3n) is 4.57. The van der Waals surface area contributed by atoms with Crippen molar-refractivity contribution in [1.29, 1.82) is 0 Å². The van der Waals surface area contributed by atoms with Gasteiger partial charge < -0.3 is 14.8 Å². The fraction of sp³-hybridized carbons (Fsp3) is 0.250. The van der Waals surface area contributed by atoms with E-state index >= 15 is 0 Å². The molecule has 0 aliphatic carbocycles. The SMILES string of the molecule is CCOC(=O)c1c(-c2ccc(Cl)cc2)csc1NC(=O)CCCOc1ccc(C)cc1Br. The molecule has 1 N–H and O–H groups in total. The lowest BCUT2D eigenvalue weighted by Gasteiger charge is -2.10. The van der Waals surface area contributed by atoms with E-state index in [0.29, 0.717) is 34.2 Å². The minimum atomic E-state index is -0.471. The van der Waals surface area contributed by atoms with Crippen LogP contribution in [0.5, 0.6) is 5.75 Å². The van der Waals surface area contributed by atoms with E-state index in [1.165, 1.54) is 11.3 Å².